The predicted octanol–water partition coefficient (Wildman–Crippen LogP) is 5.20. The second-order valence-corrected chi connectivity index (χ2v) is 10.2. The lowest BCUT2D eigenvalue weighted by molar-refractivity contribution is -0.116. The van der Waals surface area contributed by atoms with Crippen molar-refractivity contribution in [3.8, 4) is 0 Å². The van der Waals surface area contributed by atoms with Crippen LogP contribution in [0.5, 0.6) is 0 Å². The molecule has 0 bridgehead atoms. The Kier molecular flexibility index (Phi) is 6.60. The molecule has 2 aromatic carbocycles. The number of nitrogens with zero attached hydrogens (tertiary/aromatic N) is 3. The monoisotopic (exact) mass is 488 g/mol. The molecule has 0 saturated heterocycles. The Morgan fingerprint density at radius 2 is 1.97 bits per heavy atom. The van der Waals surface area contributed by atoms with E-state index in [2.05, 4.69) is 43.7 Å². The van der Waals surface area contributed by atoms with Gasteiger partial charge in [-0.2, -0.15) is 0 Å². The average Bonchev–Trinajstić information content (AvgIpc) is 3.57. The van der Waals surface area contributed by atoms with Crippen LogP contribution in [0.15, 0.2) is 71.2 Å². The van der Waals surface area contributed by atoms with Gasteiger partial charge in [0.05, 0.1) is 11.7 Å². The molecule has 172 valence electrons. The normalized spacial score (nSPS) is 14.7. The van der Waals surface area contributed by atoms with E-state index in [1.807, 2.05) is 43.3 Å². The summed E-state index contributed by atoms with van der Waals surface area (Å²) in [5.74, 6) is 0.910. The lowest BCUT2D eigenvalue weighted by Gasteiger charge is -2.10. The van der Waals surface area contributed by atoms with E-state index in [9.17, 15) is 9.59 Å². The number of aromatic nitrogens is 3. The van der Waals surface area contributed by atoms with E-state index in [-0.39, 0.29) is 23.4 Å². The van der Waals surface area contributed by atoms with Gasteiger partial charge in [0.2, 0.25) is 5.91 Å². The number of anilines is 1. The number of aryl methyl sites for hydroxylation is 1. The Balaban J connectivity index is 1.32. The van der Waals surface area contributed by atoms with Crippen LogP contribution in [0, 0.1) is 0 Å². The predicted molar refractivity (Wildman–Crippen MR) is 136 cm³/mol. The second-order valence-electron chi connectivity index (χ2n) is 8.27. The lowest BCUT2D eigenvalue weighted by Crippen LogP contribution is -2.10. The number of thiophene rings is 1. The van der Waals surface area contributed by atoms with Crippen molar-refractivity contribution < 1.29 is 9.59 Å². The smallest absolute Gasteiger partial charge is 0.231 e. The van der Waals surface area contributed by atoms with Crippen LogP contribution in [0.2, 0.25) is 0 Å². The van der Waals surface area contributed by atoms with Crippen molar-refractivity contribution in [2.45, 2.75) is 37.4 Å². The fraction of sp³-hybridized carbons (Fsp3) is 0.231. The summed E-state index contributed by atoms with van der Waals surface area (Å²) >= 11 is 3.12. The molecule has 1 amide bonds. The summed E-state index contributed by atoms with van der Waals surface area (Å²) < 4.78 is 2.14. The van der Waals surface area contributed by atoms with Crippen LogP contribution in [0.4, 0.5) is 5.69 Å². The lowest BCUT2D eigenvalue weighted by atomic mass is 9.99. The van der Waals surface area contributed by atoms with Crippen molar-refractivity contribution in [2.75, 3.05) is 11.1 Å². The van der Waals surface area contributed by atoms with Crippen molar-refractivity contribution >= 4 is 40.5 Å². The molecule has 4 aromatic rings. The van der Waals surface area contributed by atoms with E-state index in [0.29, 0.717) is 5.56 Å². The van der Waals surface area contributed by atoms with Gasteiger partial charge in [0.25, 0.3) is 0 Å². The number of ketones is 1. The fourth-order valence-electron chi connectivity index (χ4n) is 4.04. The van der Waals surface area contributed by atoms with Gasteiger partial charge in [-0.3, -0.25) is 9.59 Å². The third-order valence-corrected chi connectivity index (χ3v) is 7.84. The number of hydrogen-bond acceptors (Lipinski definition) is 6. The summed E-state index contributed by atoms with van der Waals surface area (Å²) in [5, 5.41) is 14.6. The highest BCUT2D eigenvalue weighted by Gasteiger charge is 2.27. The van der Waals surface area contributed by atoms with E-state index in [1.54, 1.807) is 17.4 Å². The standard InChI is InChI=1S/C26H24N4O2S2/c1-17-21-14-19(9-10-22(21)27-25(17)32)23(31)16-34-26-29-28-24(15-20-8-5-13-33-20)30(26)12-11-18-6-3-2-4-7-18/h2-10,13-14,17H,11-12,15-16H2,1H3,(H,27,32). The molecule has 1 aliphatic heterocycles. The Labute approximate surface area is 206 Å². The summed E-state index contributed by atoms with van der Waals surface area (Å²) in [6, 6.07) is 19.9. The highest BCUT2D eigenvalue weighted by atomic mass is 32.2. The quantitative estimate of drug-likeness (QED) is 0.259. The maximum absolute atomic E-state index is 13.0. The van der Waals surface area contributed by atoms with Crippen LogP contribution in [0.25, 0.3) is 0 Å². The number of carbonyl (C=O) groups is 2. The number of amides is 1. The van der Waals surface area contributed by atoms with Gasteiger partial charge in [0.1, 0.15) is 5.82 Å². The first-order chi connectivity index (χ1) is 16.6. The number of hydrogen-bond donors (Lipinski definition) is 1. The summed E-state index contributed by atoms with van der Waals surface area (Å²) in [5.41, 5.74) is 3.54. The third kappa shape index (κ3) is 4.83. The van der Waals surface area contributed by atoms with Crippen LogP contribution in [0.1, 0.15) is 45.0 Å². The number of nitrogens with one attached hydrogen (secondary N) is 1. The van der Waals surface area contributed by atoms with Gasteiger partial charge in [-0.1, -0.05) is 48.2 Å². The first kappa shape index (κ1) is 22.6. The average molecular weight is 489 g/mol. The molecule has 6 nitrogen and oxygen atoms in total. The van der Waals surface area contributed by atoms with E-state index in [0.717, 1.165) is 41.6 Å². The van der Waals surface area contributed by atoms with E-state index in [1.165, 1.54) is 22.2 Å². The Bertz CT molecular complexity index is 1320. The van der Waals surface area contributed by atoms with Crippen LogP contribution in [-0.2, 0) is 24.2 Å². The molecule has 8 heteroatoms. The maximum Gasteiger partial charge on any atom is 0.231 e. The molecule has 0 fully saturated rings. The number of Topliss-reactive ketones (excluding diaryl/α,β-unsaturated/α-hetero) is 1. The minimum Gasteiger partial charge on any atom is -0.325 e. The number of thioether (sulfide) groups is 1. The molecule has 0 spiro atoms. The molecule has 1 atom stereocenters. The Morgan fingerprint density at radius 3 is 2.76 bits per heavy atom. The molecule has 3 heterocycles. The van der Waals surface area contributed by atoms with Gasteiger partial charge in [-0.25, -0.2) is 0 Å². The number of benzene rings is 2. The molecule has 5 rings (SSSR count). The summed E-state index contributed by atoms with van der Waals surface area (Å²) in [6.45, 7) is 2.60. The second kappa shape index (κ2) is 9.95. The largest absolute Gasteiger partial charge is 0.325 e. The molecule has 1 aliphatic rings. The minimum atomic E-state index is -0.240. The van der Waals surface area contributed by atoms with Gasteiger partial charge in [0.15, 0.2) is 10.9 Å². The molecular formula is C26H24N4O2S2. The summed E-state index contributed by atoms with van der Waals surface area (Å²) in [4.78, 5) is 26.1. The molecule has 34 heavy (non-hydrogen) atoms. The zero-order valence-corrected chi connectivity index (χ0v) is 20.4. The van der Waals surface area contributed by atoms with Gasteiger partial charge >= 0.3 is 0 Å². The van der Waals surface area contributed by atoms with Crippen LogP contribution in [0.3, 0.4) is 0 Å². The molecule has 0 saturated carbocycles. The van der Waals surface area contributed by atoms with E-state index >= 15 is 0 Å². The van der Waals surface area contributed by atoms with Crippen molar-refractivity contribution in [1.82, 2.24) is 14.8 Å². The first-order valence-electron chi connectivity index (χ1n) is 11.2. The van der Waals surface area contributed by atoms with Crippen molar-refractivity contribution in [1.29, 1.82) is 0 Å². The van der Waals surface area contributed by atoms with Gasteiger partial charge in [-0.05, 0) is 54.1 Å². The van der Waals surface area contributed by atoms with Crippen LogP contribution in [-0.4, -0.2) is 32.2 Å². The van der Waals surface area contributed by atoms with Crippen molar-refractivity contribution in [2.24, 2.45) is 0 Å². The van der Waals surface area contributed by atoms with Crippen molar-refractivity contribution in [3.05, 3.63) is 93.4 Å². The zero-order valence-electron chi connectivity index (χ0n) is 18.7. The number of carbonyl (C=O) groups excluding carboxylic acids is 2. The maximum atomic E-state index is 13.0. The Morgan fingerprint density at radius 1 is 1.12 bits per heavy atom. The van der Waals surface area contributed by atoms with Crippen molar-refractivity contribution in [3.63, 3.8) is 0 Å². The van der Waals surface area contributed by atoms with E-state index < -0.39 is 0 Å². The molecule has 0 aliphatic carbocycles. The third-order valence-electron chi connectivity index (χ3n) is 6.00. The van der Waals surface area contributed by atoms with E-state index in [4.69, 9.17) is 0 Å². The fourth-order valence-corrected chi connectivity index (χ4v) is 5.62. The molecule has 1 N–H and O–H groups in total. The SMILES string of the molecule is CC1C(=O)Nc2ccc(C(=O)CSc3nnc(Cc4cccs4)n3CCc3ccccc3)cc21. The zero-order chi connectivity index (χ0) is 23.5. The number of fused-ring (bicyclic) bond motifs is 1. The molecule has 0 radical (unpaired) electrons. The van der Waals surface area contributed by atoms with Crippen LogP contribution >= 0.6 is 23.1 Å². The minimum absolute atomic E-state index is 0.0109. The van der Waals surface area contributed by atoms with Crippen LogP contribution < -0.4 is 5.32 Å². The van der Waals surface area contributed by atoms with Gasteiger partial charge in [-0.15, -0.1) is 21.5 Å². The van der Waals surface area contributed by atoms with Gasteiger partial charge < -0.3 is 9.88 Å². The number of rotatable bonds is 9. The summed E-state index contributed by atoms with van der Waals surface area (Å²) in [6.07, 6.45) is 1.58. The van der Waals surface area contributed by atoms with Gasteiger partial charge in [0, 0.05) is 29.1 Å². The molecule has 2 aromatic heterocycles. The summed E-state index contributed by atoms with van der Waals surface area (Å²) in [7, 11) is 0. The Hall–Kier alpha value is -3.23. The first-order valence-corrected chi connectivity index (χ1v) is 13.0. The molecule has 1 unspecified atom stereocenters. The highest BCUT2D eigenvalue weighted by molar-refractivity contribution is 7.99. The highest BCUT2D eigenvalue weighted by Crippen LogP contribution is 2.33. The topological polar surface area (TPSA) is 76.9 Å². The molecular weight excluding hydrogens is 464 g/mol.